The van der Waals surface area contributed by atoms with E-state index in [0.717, 1.165) is 6.54 Å². The Balaban J connectivity index is 0. The van der Waals surface area contributed by atoms with Crippen LogP contribution in [0.5, 0.6) is 0 Å². The van der Waals surface area contributed by atoms with Crippen LogP contribution in [0.3, 0.4) is 0 Å². The van der Waals surface area contributed by atoms with Gasteiger partial charge in [0.1, 0.15) is 0 Å². The van der Waals surface area contributed by atoms with Gasteiger partial charge in [-0.2, -0.15) is 27.7 Å². The molecular weight excluding hydrogens is 223 g/mol. The minimum Gasteiger partial charge on any atom is -0.370 e. The van der Waals surface area contributed by atoms with Crippen LogP contribution in [0.2, 0.25) is 0 Å². The third kappa shape index (κ3) is 6.57. The van der Waals surface area contributed by atoms with Crippen LogP contribution < -0.4 is 5.32 Å². The second-order valence-electron chi connectivity index (χ2n) is 4.19. The minimum absolute atomic E-state index is 0. The van der Waals surface area contributed by atoms with E-state index in [9.17, 15) is 0 Å². The molecule has 0 bridgehead atoms. The van der Waals surface area contributed by atoms with E-state index >= 15 is 0 Å². The largest absolute Gasteiger partial charge is 0.370 e. The first-order valence-corrected chi connectivity index (χ1v) is 4.21. The molecule has 0 aromatic rings. The first-order chi connectivity index (χ1) is 4.86. The summed E-state index contributed by atoms with van der Waals surface area (Å²) in [7, 11) is 0. The van der Waals surface area contributed by atoms with Gasteiger partial charge in [-0.1, -0.05) is 13.8 Å². The normalized spacial score (nSPS) is 12.0. The zero-order valence-corrected chi connectivity index (χ0v) is 12.1. The van der Waals surface area contributed by atoms with E-state index in [1.165, 1.54) is 11.8 Å². The molecule has 1 N–H and O–H groups in total. The average molecular weight is 244 g/mol. The summed E-state index contributed by atoms with van der Waals surface area (Å²) in [6.07, 6.45) is 0. The van der Waals surface area contributed by atoms with Crippen molar-refractivity contribution in [3.63, 3.8) is 0 Å². The van der Waals surface area contributed by atoms with Gasteiger partial charge in [0, 0.05) is 32.7 Å². The summed E-state index contributed by atoms with van der Waals surface area (Å²) >= 11 is 0. The Morgan fingerprint density at radius 3 is 1.75 bits per heavy atom. The Labute approximate surface area is 103 Å². The predicted octanol–water partition coefficient (Wildman–Crippen LogP) is 2.58. The molecule has 0 rings (SSSR count). The summed E-state index contributed by atoms with van der Waals surface area (Å²) in [5.41, 5.74) is 0.178. The number of hydrogen-bond acceptors (Lipinski definition) is 1. The van der Waals surface area contributed by atoms with Crippen molar-refractivity contribution in [3.05, 3.63) is 11.8 Å². The van der Waals surface area contributed by atoms with Crippen LogP contribution in [0, 0.1) is 11.8 Å². The van der Waals surface area contributed by atoms with Gasteiger partial charge < -0.3 is 17.2 Å². The fraction of sp³-hybridized carbons (Fsp3) is 0.800. The molecule has 12 heavy (non-hydrogen) atoms. The fourth-order valence-corrected chi connectivity index (χ4v) is 0.575. The van der Waals surface area contributed by atoms with Crippen molar-refractivity contribution in [2.45, 2.75) is 47.1 Å². The first kappa shape index (κ1) is 15.5. The first-order valence-electron chi connectivity index (χ1n) is 4.21. The molecule has 71 valence electrons. The molecular formula is C10H21NY-2. The maximum absolute atomic E-state index is 3.48. The minimum atomic E-state index is 0. The maximum atomic E-state index is 3.48. The smallest absolute Gasteiger partial charge is 0 e. The molecule has 0 saturated heterocycles. The van der Waals surface area contributed by atoms with Gasteiger partial charge >= 0.3 is 0 Å². The van der Waals surface area contributed by atoms with Gasteiger partial charge in [0.25, 0.3) is 0 Å². The van der Waals surface area contributed by atoms with E-state index in [2.05, 4.69) is 46.9 Å². The number of nitrogens with one attached hydrogen (secondary N) is 1. The third-order valence-corrected chi connectivity index (χ3v) is 2.13. The number of rotatable bonds is 4. The Morgan fingerprint density at radius 2 is 1.50 bits per heavy atom. The molecule has 0 unspecified atom stereocenters. The summed E-state index contributed by atoms with van der Waals surface area (Å²) in [5, 5.41) is 3.48. The zero-order valence-electron chi connectivity index (χ0n) is 9.28. The third-order valence-electron chi connectivity index (χ3n) is 2.13. The standard InChI is InChI=1S/C10H21N.Y/c1-8(2)7-11-10(5,6)9(3)4;/h11H,7H2,1-6H3;/q-2;. The van der Waals surface area contributed by atoms with Crippen molar-refractivity contribution in [1.29, 1.82) is 0 Å². The molecule has 2 heteroatoms. The molecule has 0 fully saturated rings. The van der Waals surface area contributed by atoms with Crippen LogP contribution in [0.4, 0.5) is 0 Å². The average Bonchev–Trinajstić information content (AvgIpc) is 1.84. The SMILES string of the molecule is C[C-](C)CNC(C)(C)[C-](C)C.[Y]. The van der Waals surface area contributed by atoms with E-state index < -0.39 is 0 Å². The fourth-order valence-electron chi connectivity index (χ4n) is 0.575. The second-order valence-corrected chi connectivity index (χ2v) is 4.19. The molecule has 0 spiro atoms. The maximum Gasteiger partial charge on any atom is 0 e. The van der Waals surface area contributed by atoms with Gasteiger partial charge in [0.2, 0.25) is 0 Å². The van der Waals surface area contributed by atoms with Crippen LogP contribution in [0.1, 0.15) is 41.5 Å². The number of hydrogen-bond donors (Lipinski definition) is 1. The topological polar surface area (TPSA) is 12.0 Å². The predicted molar refractivity (Wildman–Crippen MR) is 51.3 cm³/mol. The van der Waals surface area contributed by atoms with Gasteiger partial charge in [-0.15, -0.1) is 12.1 Å². The van der Waals surface area contributed by atoms with Crippen LogP contribution in [0.25, 0.3) is 0 Å². The van der Waals surface area contributed by atoms with Crippen molar-refractivity contribution in [3.8, 4) is 0 Å². The quantitative estimate of drug-likeness (QED) is 0.749. The van der Waals surface area contributed by atoms with Crippen molar-refractivity contribution in [2.24, 2.45) is 0 Å². The summed E-state index contributed by atoms with van der Waals surface area (Å²) in [6.45, 7) is 14.1. The van der Waals surface area contributed by atoms with Crippen molar-refractivity contribution >= 4 is 0 Å². The Kier molecular flexibility index (Phi) is 8.42. The van der Waals surface area contributed by atoms with Gasteiger partial charge in [0.05, 0.1) is 0 Å². The van der Waals surface area contributed by atoms with E-state index in [1.54, 1.807) is 0 Å². The molecule has 0 aromatic heterocycles. The summed E-state index contributed by atoms with van der Waals surface area (Å²) in [4.78, 5) is 0. The summed E-state index contributed by atoms with van der Waals surface area (Å²) < 4.78 is 0. The van der Waals surface area contributed by atoms with Crippen molar-refractivity contribution in [2.75, 3.05) is 6.54 Å². The Bertz CT molecular complexity index is 108. The molecule has 1 nitrogen and oxygen atoms in total. The molecule has 0 aromatic carbocycles. The molecule has 1 radical (unpaired) electrons. The summed E-state index contributed by atoms with van der Waals surface area (Å²) in [6, 6.07) is 0. The van der Waals surface area contributed by atoms with Gasteiger partial charge in [0.15, 0.2) is 0 Å². The van der Waals surface area contributed by atoms with E-state index in [4.69, 9.17) is 0 Å². The Morgan fingerprint density at radius 1 is 1.08 bits per heavy atom. The molecule has 0 atom stereocenters. The van der Waals surface area contributed by atoms with Crippen LogP contribution in [-0.4, -0.2) is 12.1 Å². The van der Waals surface area contributed by atoms with Crippen LogP contribution >= 0.6 is 0 Å². The van der Waals surface area contributed by atoms with E-state index in [-0.39, 0.29) is 38.2 Å². The van der Waals surface area contributed by atoms with Crippen LogP contribution in [0.15, 0.2) is 0 Å². The summed E-state index contributed by atoms with van der Waals surface area (Å²) in [5.74, 6) is 2.86. The monoisotopic (exact) mass is 244 g/mol. The van der Waals surface area contributed by atoms with Gasteiger partial charge in [-0.05, 0) is 0 Å². The van der Waals surface area contributed by atoms with Crippen molar-refractivity contribution < 1.29 is 32.7 Å². The second kappa shape index (κ2) is 6.51. The van der Waals surface area contributed by atoms with Gasteiger partial charge in [-0.25, -0.2) is 0 Å². The van der Waals surface area contributed by atoms with Crippen LogP contribution in [-0.2, 0) is 32.7 Å². The molecule has 0 aliphatic heterocycles. The molecule has 0 heterocycles. The molecule has 0 aliphatic rings. The van der Waals surface area contributed by atoms with E-state index in [0.29, 0.717) is 0 Å². The zero-order chi connectivity index (χ0) is 9.07. The Hall–Kier alpha value is 1.06. The molecule has 0 saturated carbocycles. The molecule has 0 aliphatic carbocycles. The molecule has 0 amide bonds. The van der Waals surface area contributed by atoms with Gasteiger partial charge in [-0.3, -0.25) is 0 Å². The van der Waals surface area contributed by atoms with E-state index in [1.807, 2.05) is 0 Å². The van der Waals surface area contributed by atoms with Crippen molar-refractivity contribution in [1.82, 2.24) is 5.32 Å².